The second kappa shape index (κ2) is 5.86. The number of hydrogen-bond acceptors (Lipinski definition) is 2. The van der Waals surface area contributed by atoms with E-state index >= 15 is 0 Å². The molecule has 1 fully saturated rings. The lowest BCUT2D eigenvalue weighted by atomic mass is 10.0. The minimum atomic E-state index is 0.133. The summed E-state index contributed by atoms with van der Waals surface area (Å²) < 4.78 is 0.920. The quantitative estimate of drug-likeness (QED) is 0.784. The first kappa shape index (κ1) is 15.5. The number of halogens is 1. The summed E-state index contributed by atoms with van der Waals surface area (Å²) >= 11 is 3.53. The first-order valence-electron chi connectivity index (χ1n) is 7.10. The average molecular weight is 339 g/mol. The largest absolute Gasteiger partial charge is 0.336 e. The van der Waals surface area contributed by atoms with Crippen molar-refractivity contribution in [2.75, 3.05) is 26.2 Å². The van der Waals surface area contributed by atoms with Crippen molar-refractivity contribution in [1.82, 2.24) is 9.80 Å². The molecule has 1 aliphatic heterocycles. The molecule has 0 N–H and O–H groups in total. The van der Waals surface area contributed by atoms with E-state index in [4.69, 9.17) is 0 Å². The molecule has 0 saturated carbocycles. The van der Waals surface area contributed by atoms with Crippen molar-refractivity contribution in [3.63, 3.8) is 0 Å². The van der Waals surface area contributed by atoms with E-state index in [0.717, 1.165) is 41.8 Å². The van der Waals surface area contributed by atoms with E-state index in [1.54, 1.807) is 0 Å². The van der Waals surface area contributed by atoms with Gasteiger partial charge in [-0.25, -0.2) is 0 Å². The van der Waals surface area contributed by atoms with Gasteiger partial charge in [0.05, 0.1) is 5.56 Å². The third-order valence-corrected chi connectivity index (χ3v) is 4.99. The van der Waals surface area contributed by atoms with Crippen LogP contribution >= 0.6 is 15.9 Å². The lowest BCUT2D eigenvalue weighted by Crippen LogP contribution is -2.54. The maximum Gasteiger partial charge on any atom is 0.255 e. The molecule has 0 atom stereocenters. The van der Waals surface area contributed by atoms with E-state index in [0.29, 0.717) is 0 Å². The first-order valence-corrected chi connectivity index (χ1v) is 7.89. The Morgan fingerprint density at radius 1 is 1.15 bits per heavy atom. The maximum atomic E-state index is 12.6. The van der Waals surface area contributed by atoms with Crippen LogP contribution in [0, 0.1) is 6.92 Å². The number of nitrogens with zero attached hydrogens (tertiary/aromatic N) is 2. The molecule has 1 aromatic carbocycles. The van der Waals surface area contributed by atoms with Gasteiger partial charge in [-0.1, -0.05) is 12.1 Å². The third kappa shape index (κ3) is 3.23. The Balaban J connectivity index is 2.07. The molecule has 0 radical (unpaired) electrons. The van der Waals surface area contributed by atoms with Gasteiger partial charge in [-0.3, -0.25) is 9.69 Å². The topological polar surface area (TPSA) is 23.6 Å². The summed E-state index contributed by atoms with van der Waals surface area (Å²) in [6, 6.07) is 5.85. The monoisotopic (exact) mass is 338 g/mol. The van der Waals surface area contributed by atoms with Crippen LogP contribution in [0.25, 0.3) is 0 Å². The summed E-state index contributed by atoms with van der Waals surface area (Å²) in [5, 5.41) is 0. The normalized spacial score (nSPS) is 17.4. The highest BCUT2D eigenvalue weighted by Crippen LogP contribution is 2.23. The molecular formula is C16H23BrN2O. The second-order valence-corrected chi connectivity index (χ2v) is 7.18. The van der Waals surface area contributed by atoms with Gasteiger partial charge in [0.2, 0.25) is 0 Å². The summed E-state index contributed by atoms with van der Waals surface area (Å²) in [5.74, 6) is 0.133. The van der Waals surface area contributed by atoms with Crippen molar-refractivity contribution < 1.29 is 4.79 Å². The SMILES string of the molecule is Cc1cccc(C(=O)N2CCN(C(C)(C)C)CC2)c1Br. The highest BCUT2D eigenvalue weighted by atomic mass is 79.9. The van der Waals surface area contributed by atoms with Crippen LogP contribution in [-0.4, -0.2) is 47.4 Å². The molecule has 2 rings (SSSR count). The van der Waals surface area contributed by atoms with Crippen LogP contribution in [0.1, 0.15) is 36.7 Å². The van der Waals surface area contributed by atoms with Crippen LogP contribution in [0.3, 0.4) is 0 Å². The van der Waals surface area contributed by atoms with Crippen LogP contribution in [-0.2, 0) is 0 Å². The average Bonchev–Trinajstić information content (AvgIpc) is 2.40. The molecule has 1 aliphatic rings. The van der Waals surface area contributed by atoms with E-state index in [9.17, 15) is 4.79 Å². The summed E-state index contributed by atoms with van der Waals surface area (Å²) in [6.45, 7) is 12.2. The van der Waals surface area contributed by atoms with E-state index in [1.807, 2.05) is 30.0 Å². The predicted octanol–water partition coefficient (Wildman–Crippen LogP) is 3.31. The fourth-order valence-corrected chi connectivity index (χ4v) is 3.00. The Kier molecular flexibility index (Phi) is 4.55. The fourth-order valence-electron chi connectivity index (χ4n) is 2.56. The third-order valence-electron chi connectivity index (χ3n) is 3.94. The fraction of sp³-hybridized carbons (Fsp3) is 0.562. The standard InChI is InChI=1S/C16H23BrN2O/c1-12-6-5-7-13(14(12)17)15(20)18-8-10-19(11-9-18)16(2,3)4/h5-7H,8-11H2,1-4H3. The Morgan fingerprint density at radius 2 is 1.75 bits per heavy atom. The van der Waals surface area contributed by atoms with Gasteiger partial charge in [-0.15, -0.1) is 0 Å². The molecule has 0 aliphatic carbocycles. The molecule has 110 valence electrons. The zero-order chi connectivity index (χ0) is 14.9. The van der Waals surface area contributed by atoms with Gasteiger partial charge < -0.3 is 4.90 Å². The Labute approximate surface area is 130 Å². The molecular weight excluding hydrogens is 316 g/mol. The Bertz CT molecular complexity index is 500. The highest BCUT2D eigenvalue weighted by Gasteiger charge is 2.28. The van der Waals surface area contributed by atoms with E-state index < -0.39 is 0 Å². The van der Waals surface area contributed by atoms with Crippen molar-refractivity contribution >= 4 is 21.8 Å². The summed E-state index contributed by atoms with van der Waals surface area (Å²) in [5.41, 5.74) is 2.05. The molecule has 3 nitrogen and oxygen atoms in total. The number of hydrogen-bond donors (Lipinski definition) is 0. The van der Waals surface area contributed by atoms with E-state index in [1.165, 1.54) is 0 Å². The van der Waals surface area contributed by atoms with Crippen LogP contribution in [0.2, 0.25) is 0 Å². The lowest BCUT2D eigenvalue weighted by Gasteiger charge is -2.42. The Morgan fingerprint density at radius 3 is 2.30 bits per heavy atom. The zero-order valence-electron chi connectivity index (χ0n) is 12.7. The minimum absolute atomic E-state index is 0.133. The summed E-state index contributed by atoms with van der Waals surface area (Å²) in [6.07, 6.45) is 0. The van der Waals surface area contributed by atoms with Crippen molar-refractivity contribution in [1.29, 1.82) is 0 Å². The maximum absolute atomic E-state index is 12.6. The molecule has 1 aromatic rings. The predicted molar refractivity (Wildman–Crippen MR) is 86.1 cm³/mol. The van der Waals surface area contributed by atoms with Crippen LogP contribution < -0.4 is 0 Å². The molecule has 1 amide bonds. The van der Waals surface area contributed by atoms with Crippen LogP contribution in [0.4, 0.5) is 0 Å². The van der Waals surface area contributed by atoms with Crippen LogP contribution in [0.15, 0.2) is 22.7 Å². The molecule has 0 spiro atoms. The molecule has 1 heterocycles. The molecule has 4 heteroatoms. The van der Waals surface area contributed by atoms with Crippen LogP contribution in [0.5, 0.6) is 0 Å². The summed E-state index contributed by atoms with van der Waals surface area (Å²) in [4.78, 5) is 17.0. The number of rotatable bonds is 1. The number of aryl methyl sites for hydroxylation is 1. The van der Waals surface area contributed by atoms with Crippen molar-refractivity contribution in [2.24, 2.45) is 0 Å². The van der Waals surface area contributed by atoms with Gasteiger partial charge >= 0.3 is 0 Å². The number of carbonyl (C=O) groups excluding carboxylic acids is 1. The molecule has 0 unspecified atom stereocenters. The number of carbonyl (C=O) groups is 1. The van der Waals surface area contributed by atoms with Crippen molar-refractivity contribution in [3.8, 4) is 0 Å². The lowest BCUT2D eigenvalue weighted by molar-refractivity contribution is 0.0450. The summed E-state index contributed by atoms with van der Waals surface area (Å²) in [7, 11) is 0. The smallest absolute Gasteiger partial charge is 0.255 e. The van der Waals surface area contributed by atoms with E-state index in [-0.39, 0.29) is 11.4 Å². The molecule has 0 bridgehead atoms. The minimum Gasteiger partial charge on any atom is -0.336 e. The number of piperazine rings is 1. The van der Waals surface area contributed by atoms with Crippen molar-refractivity contribution in [3.05, 3.63) is 33.8 Å². The molecule has 20 heavy (non-hydrogen) atoms. The second-order valence-electron chi connectivity index (χ2n) is 6.39. The Hall–Kier alpha value is -0.870. The van der Waals surface area contributed by atoms with Gasteiger partial charge in [0, 0.05) is 36.2 Å². The molecule has 1 saturated heterocycles. The zero-order valence-corrected chi connectivity index (χ0v) is 14.3. The van der Waals surface area contributed by atoms with Gasteiger partial charge in [-0.2, -0.15) is 0 Å². The van der Waals surface area contributed by atoms with E-state index in [2.05, 4.69) is 41.6 Å². The number of benzene rings is 1. The van der Waals surface area contributed by atoms with Gasteiger partial charge in [0.1, 0.15) is 0 Å². The van der Waals surface area contributed by atoms with Gasteiger partial charge in [0.25, 0.3) is 5.91 Å². The molecule has 0 aromatic heterocycles. The highest BCUT2D eigenvalue weighted by molar-refractivity contribution is 9.10. The van der Waals surface area contributed by atoms with Crippen molar-refractivity contribution in [2.45, 2.75) is 33.2 Å². The van der Waals surface area contributed by atoms with Gasteiger partial charge in [0.15, 0.2) is 0 Å². The first-order chi connectivity index (χ1) is 9.30. The number of amides is 1. The van der Waals surface area contributed by atoms with Gasteiger partial charge in [-0.05, 0) is 55.3 Å².